The van der Waals surface area contributed by atoms with Gasteiger partial charge in [0.25, 0.3) is 5.91 Å². The maximum Gasteiger partial charge on any atom is 0.274 e. The van der Waals surface area contributed by atoms with E-state index in [9.17, 15) is 14.7 Å². The van der Waals surface area contributed by atoms with Gasteiger partial charge in [-0.15, -0.1) is 0 Å². The first kappa shape index (κ1) is 19.1. The van der Waals surface area contributed by atoms with Gasteiger partial charge in [0.15, 0.2) is 5.82 Å². The number of carbonyl (C=O) groups excluding carboxylic acids is 2. The zero-order valence-electron chi connectivity index (χ0n) is 16.3. The van der Waals surface area contributed by atoms with Crippen molar-refractivity contribution in [3.8, 4) is 0 Å². The average molecular weight is 393 g/mol. The average Bonchev–Trinajstić information content (AvgIpc) is 2.92. The van der Waals surface area contributed by atoms with Crippen molar-refractivity contribution in [1.29, 1.82) is 0 Å². The summed E-state index contributed by atoms with van der Waals surface area (Å²) in [5.41, 5.74) is -0.589. The zero-order chi connectivity index (χ0) is 20.6. The molecule has 3 heterocycles. The number of allylic oxidation sites excluding steroid dienone is 3. The van der Waals surface area contributed by atoms with E-state index in [2.05, 4.69) is 10.3 Å². The maximum absolute atomic E-state index is 13.5. The molecule has 0 spiro atoms. The second-order valence-corrected chi connectivity index (χ2v) is 7.41. The number of benzene rings is 1. The summed E-state index contributed by atoms with van der Waals surface area (Å²) in [6.07, 6.45) is 6.85. The van der Waals surface area contributed by atoms with Crippen LogP contribution in [0.3, 0.4) is 0 Å². The molecule has 7 heteroatoms. The number of nitrogens with zero attached hydrogens (tertiary/aromatic N) is 2. The van der Waals surface area contributed by atoms with Gasteiger partial charge in [-0.25, -0.2) is 0 Å². The highest BCUT2D eigenvalue weighted by molar-refractivity contribution is 6.14. The van der Waals surface area contributed by atoms with E-state index in [4.69, 9.17) is 4.74 Å². The Morgan fingerprint density at radius 3 is 2.76 bits per heavy atom. The van der Waals surface area contributed by atoms with Crippen LogP contribution < -0.4 is 5.32 Å². The summed E-state index contributed by atoms with van der Waals surface area (Å²) in [6, 6.07) is 8.63. The first-order valence-corrected chi connectivity index (χ1v) is 9.71. The van der Waals surface area contributed by atoms with Crippen LogP contribution in [-0.2, 0) is 20.7 Å². The molecule has 150 valence electrons. The van der Waals surface area contributed by atoms with Gasteiger partial charge in [0, 0.05) is 6.42 Å². The third-order valence-corrected chi connectivity index (χ3v) is 5.50. The summed E-state index contributed by atoms with van der Waals surface area (Å²) in [4.78, 5) is 32.4. The minimum Gasteiger partial charge on any atom is -0.447 e. The van der Waals surface area contributed by atoms with E-state index in [1.165, 1.54) is 23.3 Å². The van der Waals surface area contributed by atoms with E-state index in [1.54, 1.807) is 6.08 Å². The molecule has 2 amide bonds. The van der Waals surface area contributed by atoms with Crippen LogP contribution in [0.1, 0.15) is 25.8 Å². The van der Waals surface area contributed by atoms with Gasteiger partial charge in [-0.2, -0.15) is 4.99 Å². The van der Waals surface area contributed by atoms with Gasteiger partial charge in [0.05, 0.1) is 12.0 Å². The Balaban J connectivity index is 1.86. The van der Waals surface area contributed by atoms with Crippen LogP contribution in [0.2, 0.25) is 0 Å². The van der Waals surface area contributed by atoms with Crippen molar-refractivity contribution in [2.24, 2.45) is 10.9 Å². The fourth-order valence-corrected chi connectivity index (χ4v) is 3.65. The SMILES string of the molecule is CC[C@@H](C)C1=C2N=C3OC=CC=C[C@]3(O)C(=O)N2[C@@H](Cc2ccccc2)C(=O)N1. The molecule has 0 saturated heterocycles. The molecule has 3 atom stereocenters. The Labute approximate surface area is 169 Å². The Morgan fingerprint density at radius 2 is 2.03 bits per heavy atom. The predicted octanol–water partition coefficient (Wildman–Crippen LogP) is 2.01. The standard InChI is InChI=1S/C22H23N3O4/c1-3-14(2)17-18-24-20-22(28,11-7-8-12-29-20)21(27)25(18)16(19(26)23-17)13-15-9-5-4-6-10-15/h4-12,14,16,28H,3,13H2,1-2H3,(H,23,26)/t14-,16+,22-/m1/s1. The third kappa shape index (κ3) is 3.17. The van der Waals surface area contributed by atoms with Gasteiger partial charge in [0.2, 0.25) is 17.4 Å². The number of aliphatic imine (C=N–C) groups is 1. The van der Waals surface area contributed by atoms with E-state index < -0.39 is 17.6 Å². The van der Waals surface area contributed by atoms with Crippen LogP contribution >= 0.6 is 0 Å². The monoisotopic (exact) mass is 393 g/mol. The van der Waals surface area contributed by atoms with Crippen molar-refractivity contribution < 1.29 is 19.4 Å². The van der Waals surface area contributed by atoms with Crippen molar-refractivity contribution in [3.63, 3.8) is 0 Å². The molecule has 3 aliphatic rings. The molecule has 4 rings (SSSR count). The summed E-state index contributed by atoms with van der Waals surface area (Å²) in [6.45, 7) is 3.95. The molecule has 2 N–H and O–H groups in total. The fraction of sp³-hybridized carbons (Fsp3) is 0.318. The van der Waals surface area contributed by atoms with Crippen LogP contribution in [0.25, 0.3) is 0 Å². The summed E-state index contributed by atoms with van der Waals surface area (Å²) < 4.78 is 5.43. The van der Waals surface area contributed by atoms with Crippen molar-refractivity contribution in [2.45, 2.75) is 38.3 Å². The quantitative estimate of drug-likeness (QED) is 0.819. The minimum atomic E-state index is -2.06. The maximum atomic E-state index is 13.5. The first-order valence-electron chi connectivity index (χ1n) is 9.71. The van der Waals surface area contributed by atoms with Gasteiger partial charge >= 0.3 is 0 Å². The van der Waals surface area contributed by atoms with Gasteiger partial charge in [-0.1, -0.05) is 50.3 Å². The summed E-state index contributed by atoms with van der Waals surface area (Å²) >= 11 is 0. The molecule has 0 fully saturated rings. The number of fused-ring (bicyclic) bond motifs is 2. The fourth-order valence-electron chi connectivity index (χ4n) is 3.65. The van der Waals surface area contributed by atoms with Crippen LogP contribution in [-0.4, -0.2) is 39.4 Å². The lowest BCUT2D eigenvalue weighted by Crippen LogP contribution is -2.64. The lowest BCUT2D eigenvalue weighted by atomic mass is 9.92. The Morgan fingerprint density at radius 1 is 1.28 bits per heavy atom. The lowest BCUT2D eigenvalue weighted by molar-refractivity contribution is -0.148. The normalized spacial score (nSPS) is 26.8. The summed E-state index contributed by atoms with van der Waals surface area (Å²) in [7, 11) is 0. The number of amides is 2. The van der Waals surface area contributed by atoms with Gasteiger partial charge in [-0.05, 0) is 30.1 Å². The molecule has 0 aliphatic carbocycles. The number of nitrogens with one attached hydrogen (secondary N) is 1. The highest BCUT2D eigenvalue weighted by Gasteiger charge is 2.54. The second-order valence-electron chi connectivity index (χ2n) is 7.41. The summed E-state index contributed by atoms with van der Waals surface area (Å²) in [5, 5.41) is 14.0. The summed E-state index contributed by atoms with van der Waals surface area (Å²) in [5.74, 6) is -0.758. The molecule has 0 radical (unpaired) electrons. The van der Waals surface area contributed by atoms with Crippen molar-refractivity contribution in [3.05, 3.63) is 71.9 Å². The highest BCUT2D eigenvalue weighted by atomic mass is 16.5. The number of ether oxygens (including phenoxy) is 1. The molecule has 0 unspecified atom stereocenters. The molecule has 0 aromatic heterocycles. The molecular weight excluding hydrogens is 370 g/mol. The largest absolute Gasteiger partial charge is 0.447 e. The number of aliphatic hydroxyl groups is 1. The van der Waals surface area contributed by atoms with Crippen LogP contribution in [0.5, 0.6) is 0 Å². The smallest absolute Gasteiger partial charge is 0.274 e. The van der Waals surface area contributed by atoms with E-state index in [0.29, 0.717) is 17.9 Å². The minimum absolute atomic E-state index is 0.0330. The predicted molar refractivity (Wildman–Crippen MR) is 107 cm³/mol. The molecular formula is C22H23N3O4. The molecule has 1 aromatic rings. The Hall–Kier alpha value is -3.19. The van der Waals surface area contributed by atoms with Gasteiger partial charge in [0.1, 0.15) is 6.04 Å². The second kappa shape index (κ2) is 7.33. The lowest BCUT2D eigenvalue weighted by Gasteiger charge is -2.43. The first-order chi connectivity index (χ1) is 14.0. The Kier molecular flexibility index (Phi) is 4.84. The number of carbonyl (C=O) groups is 2. The van der Waals surface area contributed by atoms with E-state index in [0.717, 1.165) is 12.0 Å². The van der Waals surface area contributed by atoms with Crippen LogP contribution in [0.4, 0.5) is 0 Å². The van der Waals surface area contributed by atoms with E-state index >= 15 is 0 Å². The van der Waals surface area contributed by atoms with Crippen molar-refractivity contribution >= 4 is 17.7 Å². The number of hydrogen-bond donors (Lipinski definition) is 2. The zero-order valence-corrected chi connectivity index (χ0v) is 16.3. The Bertz CT molecular complexity index is 964. The molecule has 3 aliphatic heterocycles. The van der Waals surface area contributed by atoms with Gasteiger partial charge < -0.3 is 15.2 Å². The third-order valence-electron chi connectivity index (χ3n) is 5.50. The molecule has 29 heavy (non-hydrogen) atoms. The van der Waals surface area contributed by atoms with E-state index in [-0.39, 0.29) is 17.7 Å². The molecule has 7 nitrogen and oxygen atoms in total. The van der Waals surface area contributed by atoms with Crippen LogP contribution in [0.15, 0.2) is 71.3 Å². The van der Waals surface area contributed by atoms with Gasteiger partial charge in [-0.3, -0.25) is 14.5 Å². The molecule has 0 bridgehead atoms. The molecule has 1 aromatic carbocycles. The number of hydrogen-bond acceptors (Lipinski definition) is 5. The van der Waals surface area contributed by atoms with Crippen molar-refractivity contribution in [2.75, 3.05) is 0 Å². The van der Waals surface area contributed by atoms with E-state index in [1.807, 2.05) is 44.2 Å². The highest BCUT2D eigenvalue weighted by Crippen LogP contribution is 2.35. The molecule has 0 saturated carbocycles. The number of rotatable bonds is 4. The van der Waals surface area contributed by atoms with Crippen molar-refractivity contribution in [1.82, 2.24) is 10.2 Å². The topological polar surface area (TPSA) is 91.2 Å². The van der Waals surface area contributed by atoms with Crippen LogP contribution in [0, 0.1) is 5.92 Å².